The first-order chi connectivity index (χ1) is 11.1. The quantitative estimate of drug-likeness (QED) is 0.570. The van der Waals surface area contributed by atoms with E-state index in [2.05, 4.69) is 0 Å². The summed E-state index contributed by atoms with van der Waals surface area (Å²) in [7, 11) is 9.87. The number of hydrogen-bond donors (Lipinski definition) is 1. The summed E-state index contributed by atoms with van der Waals surface area (Å²) in [6.07, 6.45) is 12.6. The van der Waals surface area contributed by atoms with Gasteiger partial charge in [0.15, 0.2) is 0 Å². The van der Waals surface area contributed by atoms with Gasteiger partial charge < -0.3 is 5.11 Å². The van der Waals surface area contributed by atoms with E-state index in [9.17, 15) is 5.11 Å². The van der Waals surface area contributed by atoms with Crippen LogP contribution < -0.4 is 0 Å². The summed E-state index contributed by atoms with van der Waals surface area (Å²) in [4.78, 5) is 4.91. The molecular formula is C18H25Cl2NOZr. The van der Waals surface area contributed by atoms with E-state index in [1.807, 2.05) is 31.3 Å². The zero-order valence-electron chi connectivity index (χ0n) is 13.7. The molecule has 2 saturated carbocycles. The Morgan fingerprint density at radius 3 is 2.43 bits per heavy atom. The molecular weight excluding hydrogens is 408 g/mol. The number of hydrogen-bond acceptors (Lipinski definition) is 2. The molecule has 1 spiro atoms. The molecule has 2 fully saturated rings. The fraction of sp³-hybridized carbons (Fsp3) is 0.611. The van der Waals surface area contributed by atoms with Crippen LogP contribution in [-0.4, -0.2) is 17.4 Å². The van der Waals surface area contributed by atoms with Crippen molar-refractivity contribution in [1.82, 2.24) is 0 Å². The van der Waals surface area contributed by atoms with Gasteiger partial charge in [0.1, 0.15) is 5.75 Å². The molecule has 0 saturated heterocycles. The molecule has 5 heteroatoms. The van der Waals surface area contributed by atoms with Crippen LogP contribution in [0.1, 0.15) is 62.5 Å². The summed E-state index contributed by atoms with van der Waals surface area (Å²) in [5.74, 6) is 0.382. The van der Waals surface area contributed by atoms with Gasteiger partial charge in [-0.1, -0.05) is 37.8 Å². The van der Waals surface area contributed by atoms with Gasteiger partial charge in [-0.2, -0.15) is 0 Å². The number of nitrogens with zero attached hydrogens (tertiary/aromatic N) is 1. The van der Waals surface area contributed by atoms with Crippen molar-refractivity contribution in [3.8, 4) is 5.75 Å². The van der Waals surface area contributed by atoms with Crippen molar-refractivity contribution in [2.75, 3.05) is 0 Å². The number of para-hydroxylation sites is 1. The summed E-state index contributed by atoms with van der Waals surface area (Å²) in [6.45, 7) is 1.94. The van der Waals surface area contributed by atoms with Gasteiger partial charge in [-0.15, -0.1) is 0 Å². The van der Waals surface area contributed by atoms with Crippen LogP contribution in [-0.2, 0) is 20.8 Å². The molecule has 2 aliphatic carbocycles. The average molecular weight is 434 g/mol. The van der Waals surface area contributed by atoms with Gasteiger partial charge in [0.2, 0.25) is 0 Å². The molecule has 126 valence electrons. The van der Waals surface area contributed by atoms with Crippen molar-refractivity contribution >= 4 is 23.2 Å². The fourth-order valence-electron chi connectivity index (χ4n) is 4.14. The fourth-order valence-corrected chi connectivity index (χ4v) is 4.14. The average Bonchev–Trinajstić information content (AvgIpc) is 3.00. The van der Waals surface area contributed by atoms with E-state index < -0.39 is 20.8 Å². The van der Waals surface area contributed by atoms with E-state index in [0.29, 0.717) is 17.2 Å². The molecule has 1 atom stereocenters. The zero-order valence-corrected chi connectivity index (χ0v) is 17.7. The second kappa shape index (κ2) is 9.59. The Labute approximate surface area is 158 Å². The van der Waals surface area contributed by atoms with Crippen LogP contribution in [0.15, 0.2) is 23.2 Å². The second-order valence-electron chi connectivity index (χ2n) is 6.69. The molecule has 0 bridgehead atoms. The van der Waals surface area contributed by atoms with E-state index in [4.69, 9.17) is 22.0 Å². The van der Waals surface area contributed by atoms with Gasteiger partial charge >= 0.3 is 37.9 Å². The number of aromatic hydroxyl groups is 1. The molecule has 1 unspecified atom stereocenters. The summed E-state index contributed by atoms with van der Waals surface area (Å²) < 4.78 is 0. The number of phenols is 1. The summed E-state index contributed by atoms with van der Waals surface area (Å²) in [6, 6.07) is 6.35. The predicted molar refractivity (Wildman–Crippen MR) is 95.3 cm³/mol. The first-order valence-electron chi connectivity index (χ1n) is 8.41. The summed E-state index contributed by atoms with van der Waals surface area (Å²) in [5, 5.41) is 10.1. The standard InChI is InChI=1S/C18H25NO.2ClH.Zr/c1-14-7-6-8-15(17(14)20)13-19-16-9-2-3-10-18(16)11-4-5-12-18;;;/h6-8,13,16,20H,2-5,9-12H2,1H3;2*1H;/q;;;+2/p-2. The first kappa shape index (κ1) is 19.5. The van der Waals surface area contributed by atoms with Crippen molar-refractivity contribution in [3.05, 3.63) is 29.3 Å². The molecule has 1 aromatic rings. The molecule has 23 heavy (non-hydrogen) atoms. The Bertz CT molecular complexity index is 530. The predicted octanol–water partition coefficient (Wildman–Crippen LogP) is 6.00. The van der Waals surface area contributed by atoms with Crippen LogP contribution in [0, 0.1) is 12.3 Å². The number of benzene rings is 1. The maximum absolute atomic E-state index is 10.1. The van der Waals surface area contributed by atoms with Gasteiger partial charge in [-0.05, 0) is 49.7 Å². The Kier molecular flexibility index (Phi) is 8.12. The van der Waals surface area contributed by atoms with Crippen molar-refractivity contribution in [2.24, 2.45) is 10.4 Å². The number of aryl methyl sites for hydroxylation is 1. The third-order valence-electron chi connectivity index (χ3n) is 5.37. The molecule has 0 heterocycles. The van der Waals surface area contributed by atoms with Crippen molar-refractivity contribution in [2.45, 2.75) is 64.3 Å². The maximum atomic E-state index is 10.1. The van der Waals surface area contributed by atoms with E-state index >= 15 is 0 Å². The Hall–Kier alpha value is 0.153. The van der Waals surface area contributed by atoms with Crippen LogP contribution >= 0.6 is 17.0 Å². The van der Waals surface area contributed by atoms with Crippen LogP contribution in [0.25, 0.3) is 0 Å². The minimum absolute atomic E-state index is 0.382. The van der Waals surface area contributed by atoms with Crippen molar-refractivity contribution in [1.29, 1.82) is 0 Å². The van der Waals surface area contributed by atoms with E-state index in [1.54, 1.807) is 0 Å². The molecule has 0 amide bonds. The summed E-state index contributed by atoms with van der Waals surface area (Å²) in [5.41, 5.74) is 2.27. The summed E-state index contributed by atoms with van der Waals surface area (Å²) >= 11 is -0.826. The van der Waals surface area contributed by atoms with Crippen molar-refractivity contribution < 1.29 is 26.0 Å². The molecule has 1 aromatic carbocycles. The topological polar surface area (TPSA) is 32.6 Å². The van der Waals surface area contributed by atoms with E-state index in [1.165, 1.54) is 51.4 Å². The molecule has 1 N–H and O–H groups in total. The second-order valence-corrected chi connectivity index (χ2v) is 10.4. The Morgan fingerprint density at radius 1 is 1.17 bits per heavy atom. The number of halogens is 2. The zero-order chi connectivity index (χ0) is 16.7. The van der Waals surface area contributed by atoms with Crippen LogP contribution in [0.2, 0.25) is 0 Å². The Balaban J connectivity index is 0.000000595. The van der Waals surface area contributed by atoms with Gasteiger partial charge in [0.05, 0.1) is 6.04 Å². The minimum atomic E-state index is -0.826. The third-order valence-corrected chi connectivity index (χ3v) is 5.37. The molecule has 0 aliphatic heterocycles. The van der Waals surface area contributed by atoms with Crippen molar-refractivity contribution in [3.63, 3.8) is 0 Å². The number of phenolic OH excluding ortho intramolecular Hbond substituents is 1. The third kappa shape index (κ3) is 5.06. The first-order valence-corrected chi connectivity index (χ1v) is 14.7. The van der Waals surface area contributed by atoms with E-state index in [-0.39, 0.29) is 0 Å². The van der Waals surface area contributed by atoms with Gasteiger partial charge in [-0.3, -0.25) is 4.99 Å². The molecule has 0 radical (unpaired) electrons. The SMILES string of the molecule is Cc1cccc(C=NC2CCCCC23CCCC3)c1O.[Cl][Zr][Cl]. The monoisotopic (exact) mass is 431 g/mol. The molecule has 0 aromatic heterocycles. The van der Waals surface area contributed by atoms with Crippen LogP contribution in [0.4, 0.5) is 0 Å². The number of aliphatic imine (C=N–C) groups is 1. The van der Waals surface area contributed by atoms with Gasteiger partial charge in [0, 0.05) is 11.8 Å². The van der Waals surface area contributed by atoms with E-state index in [0.717, 1.165) is 11.1 Å². The molecule has 2 aliphatic rings. The molecule has 2 nitrogen and oxygen atoms in total. The van der Waals surface area contributed by atoms with Crippen LogP contribution in [0.5, 0.6) is 5.75 Å². The van der Waals surface area contributed by atoms with Gasteiger partial charge in [0.25, 0.3) is 0 Å². The normalized spacial score (nSPS) is 22.8. The number of rotatable bonds is 2. The Morgan fingerprint density at radius 2 is 1.78 bits per heavy atom. The van der Waals surface area contributed by atoms with Gasteiger partial charge in [-0.25, -0.2) is 0 Å². The molecule has 3 rings (SSSR count). The van der Waals surface area contributed by atoms with Crippen LogP contribution in [0.3, 0.4) is 0 Å².